The first-order valence-corrected chi connectivity index (χ1v) is 5.74. The highest BCUT2D eigenvalue weighted by molar-refractivity contribution is 5.79. The number of aliphatic hydroxyl groups excluding tert-OH is 1. The van der Waals surface area contributed by atoms with Crippen molar-refractivity contribution in [2.24, 2.45) is 5.92 Å². The predicted octanol–water partition coefficient (Wildman–Crippen LogP) is 1.16. The standard InChI is InChI=1S/C11H19NO2/c13-10-6-3-7-12(8-10)11(14)9-4-1-2-5-9/h9-10,13H,1-8H2. The molecule has 1 aliphatic carbocycles. The molecule has 1 amide bonds. The van der Waals surface area contributed by atoms with E-state index in [0.29, 0.717) is 12.5 Å². The van der Waals surface area contributed by atoms with Gasteiger partial charge >= 0.3 is 0 Å². The molecular formula is C11H19NO2. The van der Waals surface area contributed by atoms with Crippen LogP contribution in [0.4, 0.5) is 0 Å². The number of likely N-dealkylation sites (tertiary alicyclic amines) is 1. The van der Waals surface area contributed by atoms with Crippen LogP contribution in [0.15, 0.2) is 0 Å². The number of piperidine rings is 1. The Morgan fingerprint density at radius 2 is 1.86 bits per heavy atom. The van der Waals surface area contributed by atoms with Crippen LogP contribution in [0.25, 0.3) is 0 Å². The summed E-state index contributed by atoms with van der Waals surface area (Å²) in [6, 6.07) is 0. The molecule has 1 heterocycles. The van der Waals surface area contributed by atoms with Gasteiger partial charge in [0.15, 0.2) is 0 Å². The second-order valence-corrected chi connectivity index (χ2v) is 4.56. The molecule has 14 heavy (non-hydrogen) atoms. The molecule has 0 spiro atoms. The molecule has 1 saturated carbocycles. The van der Waals surface area contributed by atoms with Crippen molar-refractivity contribution in [3.05, 3.63) is 0 Å². The smallest absolute Gasteiger partial charge is 0.225 e. The van der Waals surface area contributed by atoms with Crippen LogP contribution in [-0.2, 0) is 4.79 Å². The van der Waals surface area contributed by atoms with E-state index in [1.807, 2.05) is 4.90 Å². The first-order valence-electron chi connectivity index (χ1n) is 5.74. The van der Waals surface area contributed by atoms with Gasteiger partial charge in [-0.15, -0.1) is 0 Å². The Kier molecular flexibility index (Phi) is 3.06. The molecule has 80 valence electrons. The van der Waals surface area contributed by atoms with Crippen LogP contribution in [-0.4, -0.2) is 35.1 Å². The van der Waals surface area contributed by atoms with E-state index in [9.17, 15) is 9.90 Å². The van der Waals surface area contributed by atoms with Crippen LogP contribution in [0.1, 0.15) is 38.5 Å². The zero-order chi connectivity index (χ0) is 9.97. The highest BCUT2D eigenvalue weighted by Crippen LogP contribution is 2.27. The third kappa shape index (κ3) is 2.08. The average Bonchev–Trinajstić information content (AvgIpc) is 2.69. The fraction of sp³-hybridized carbons (Fsp3) is 0.909. The Labute approximate surface area is 85.1 Å². The molecule has 1 saturated heterocycles. The van der Waals surface area contributed by atoms with E-state index in [1.54, 1.807) is 0 Å². The molecule has 3 heteroatoms. The molecule has 2 aliphatic rings. The Morgan fingerprint density at radius 3 is 2.50 bits per heavy atom. The third-order valence-corrected chi connectivity index (χ3v) is 3.41. The maximum atomic E-state index is 12.0. The van der Waals surface area contributed by atoms with E-state index in [-0.39, 0.29) is 12.0 Å². The number of amides is 1. The number of hydrogen-bond acceptors (Lipinski definition) is 2. The normalized spacial score (nSPS) is 29.5. The summed E-state index contributed by atoms with van der Waals surface area (Å²) in [7, 11) is 0. The molecule has 1 aliphatic heterocycles. The maximum absolute atomic E-state index is 12.0. The van der Waals surface area contributed by atoms with Crippen molar-refractivity contribution in [1.29, 1.82) is 0 Å². The van der Waals surface area contributed by atoms with Gasteiger partial charge in [-0.3, -0.25) is 4.79 Å². The summed E-state index contributed by atoms with van der Waals surface area (Å²) in [5.41, 5.74) is 0. The number of hydrogen-bond donors (Lipinski definition) is 1. The van der Waals surface area contributed by atoms with Crippen LogP contribution in [0, 0.1) is 5.92 Å². The molecular weight excluding hydrogens is 178 g/mol. The quantitative estimate of drug-likeness (QED) is 0.685. The van der Waals surface area contributed by atoms with E-state index in [4.69, 9.17) is 0 Å². The molecule has 2 fully saturated rings. The van der Waals surface area contributed by atoms with E-state index >= 15 is 0 Å². The summed E-state index contributed by atoms with van der Waals surface area (Å²) in [5, 5.41) is 9.48. The van der Waals surface area contributed by atoms with E-state index < -0.39 is 0 Å². The number of aliphatic hydroxyl groups is 1. The minimum atomic E-state index is -0.283. The molecule has 1 N–H and O–H groups in total. The predicted molar refractivity (Wildman–Crippen MR) is 53.8 cm³/mol. The Bertz CT molecular complexity index is 211. The molecule has 0 aromatic carbocycles. The largest absolute Gasteiger partial charge is 0.391 e. The van der Waals surface area contributed by atoms with Crippen LogP contribution >= 0.6 is 0 Å². The number of carbonyl (C=O) groups is 1. The van der Waals surface area contributed by atoms with Gasteiger partial charge in [0, 0.05) is 19.0 Å². The fourth-order valence-electron chi connectivity index (χ4n) is 2.59. The van der Waals surface area contributed by atoms with Crippen molar-refractivity contribution >= 4 is 5.91 Å². The monoisotopic (exact) mass is 197 g/mol. The van der Waals surface area contributed by atoms with Crippen LogP contribution in [0.2, 0.25) is 0 Å². The molecule has 2 rings (SSSR count). The lowest BCUT2D eigenvalue weighted by Gasteiger charge is -2.32. The minimum absolute atomic E-state index is 0.264. The molecule has 0 aromatic rings. The van der Waals surface area contributed by atoms with Gasteiger partial charge in [0.25, 0.3) is 0 Å². The number of carbonyl (C=O) groups excluding carboxylic acids is 1. The van der Waals surface area contributed by atoms with Gasteiger partial charge in [-0.1, -0.05) is 12.8 Å². The number of nitrogens with zero attached hydrogens (tertiary/aromatic N) is 1. The fourth-order valence-corrected chi connectivity index (χ4v) is 2.59. The lowest BCUT2D eigenvalue weighted by Crippen LogP contribution is -2.44. The van der Waals surface area contributed by atoms with Gasteiger partial charge in [0.2, 0.25) is 5.91 Å². The van der Waals surface area contributed by atoms with Gasteiger partial charge < -0.3 is 10.0 Å². The first-order chi connectivity index (χ1) is 6.77. The Morgan fingerprint density at radius 1 is 1.14 bits per heavy atom. The summed E-state index contributed by atoms with van der Waals surface area (Å²) >= 11 is 0. The topological polar surface area (TPSA) is 40.5 Å². The SMILES string of the molecule is O=C(C1CCCC1)N1CCCC(O)C1. The lowest BCUT2D eigenvalue weighted by atomic mass is 10.0. The third-order valence-electron chi connectivity index (χ3n) is 3.41. The highest BCUT2D eigenvalue weighted by Gasteiger charge is 2.29. The minimum Gasteiger partial charge on any atom is -0.391 e. The van der Waals surface area contributed by atoms with Gasteiger partial charge in [-0.25, -0.2) is 0 Å². The second-order valence-electron chi connectivity index (χ2n) is 4.56. The first kappa shape index (κ1) is 9.97. The molecule has 3 nitrogen and oxygen atoms in total. The molecule has 0 bridgehead atoms. The van der Waals surface area contributed by atoms with Crippen molar-refractivity contribution in [3.8, 4) is 0 Å². The molecule has 1 unspecified atom stereocenters. The summed E-state index contributed by atoms with van der Waals surface area (Å²) < 4.78 is 0. The maximum Gasteiger partial charge on any atom is 0.225 e. The number of β-amino-alcohol motifs (C(OH)–C–C–N with tert-alkyl or cyclic N) is 1. The van der Waals surface area contributed by atoms with Crippen molar-refractivity contribution < 1.29 is 9.90 Å². The van der Waals surface area contributed by atoms with Gasteiger partial charge in [0.1, 0.15) is 0 Å². The van der Waals surface area contributed by atoms with Gasteiger partial charge in [0.05, 0.1) is 6.10 Å². The van der Waals surface area contributed by atoms with Crippen molar-refractivity contribution in [3.63, 3.8) is 0 Å². The second kappa shape index (κ2) is 4.30. The lowest BCUT2D eigenvalue weighted by molar-refractivity contribution is -0.138. The molecule has 0 radical (unpaired) electrons. The summed E-state index contributed by atoms with van der Waals surface area (Å²) in [6.45, 7) is 1.42. The van der Waals surface area contributed by atoms with E-state index in [2.05, 4.69) is 0 Å². The number of rotatable bonds is 1. The van der Waals surface area contributed by atoms with Crippen LogP contribution in [0.5, 0.6) is 0 Å². The van der Waals surface area contributed by atoms with Crippen LogP contribution in [0.3, 0.4) is 0 Å². The van der Waals surface area contributed by atoms with Gasteiger partial charge in [-0.2, -0.15) is 0 Å². The summed E-state index contributed by atoms with van der Waals surface area (Å²) in [4.78, 5) is 13.8. The summed E-state index contributed by atoms with van der Waals surface area (Å²) in [5.74, 6) is 0.557. The highest BCUT2D eigenvalue weighted by atomic mass is 16.3. The molecule has 0 aromatic heterocycles. The Hall–Kier alpha value is -0.570. The van der Waals surface area contributed by atoms with Gasteiger partial charge in [-0.05, 0) is 25.7 Å². The zero-order valence-electron chi connectivity index (χ0n) is 8.61. The van der Waals surface area contributed by atoms with Crippen LogP contribution < -0.4 is 0 Å². The van der Waals surface area contributed by atoms with Crippen molar-refractivity contribution in [2.45, 2.75) is 44.6 Å². The van der Waals surface area contributed by atoms with E-state index in [0.717, 1.165) is 32.2 Å². The van der Waals surface area contributed by atoms with Crippen molar-refractivity contribution in [2.75, 3.05) is 13.1 Å². The average molecular weight is 197 g/mol. The molecule has 1 atom stereocenters. The Balaban J connectivity index is 1.89. The zero-order valence-corrected chi connectivity index (χ0v) is 8.61. The summed E-state index contributed by atoms with van der Waals surface area (Å²) in [6.07, 6.45) is 6.05. The van der Waals surface area contributed by atoms with E-state index in [1.165, 1.54) is 12.8 Å². The van der Waals surface area contributed by atoms with Crippen molar-refractivity contribution in [1.82, 2.24) is 4.90 Å².